The van der Waals surface area contributed by atoms with Gasteiger partial charge in [0.1, 0.15) is 34.7 Å². The van der Waals surface area contributed by atoms with E-state index in [-0.39, 0.29) is 17.5 Å². The summed E-state index contributed by atoms with van der Waals surface area (Å²) in [5.74, 6) is 0.337. The van der Waals surface area contributed by atoms with E-state index in [4.69, 9.17) is 18.7 Å². The molecule has 13 nitrogen and oxygen atoms in total. The number of aryl methyl sites for hydroxylation is 1. The van der Waals surface area contributed by atoms with E-state index in [0.717, 1.165) is 0 Å². The summed E-state index contributed by atoms with van der Waals surface area (Å²) in [6.45, 7) is 1.66. The van der Waals surface area contributed by atoms with Crippen molar-refractivity contribution in [3.63, 3.8) is 0 Å². The Hall–Kier alpha value is -4.17. The fourth-order valence-electron chi connectivity index (χ4n) is 3.44. The molecule has 0 spiro atoms. The molecule has 0 aliphatic heterocycles. The van der Waals surface area contributed by atoms with Crippen molar-refractivity contribution >= 4 is 16.0 Å². The van der Waals surface area contributed by atoms with E-state index in [0.29, 0.717) is 34.5 Å². The highest BCUT2D eigenvalue weighted by Crippen LogP contribution is 2.37. The van der Waals surface area contributed by atoms with Crippen molar-refractivity contribution in [2.45, 2.75) is 13.0 Å². The Labute approximate surface area is 206 Å². The lowest BCUT2D eigenvalue weighted by molar-refractivity contribution is 0.160. The van der Waals surface area contributed by atoms with Crippen LogP contribution in [0.15, 0.2) is 47.0 Å². The molecule has 190 valence electrons. The van der Waals surface area contributed by atoms with E-state index in [1.165, 1.54) is 32.0 Å². The number of nitrogens with one attached hydrogen (secondary N) is 1. The minimum Gasteiger partial charge on any atom is -0.494 e. The van der Waals surface area contributed by atoms with E-state index in [1.54, 1.807) is 43.3 Å². The number of anilines is 1. The maximum Gasteiger partial charge on any atom is 0.243 e. The van der Waals surface area contributed by atoms with Crippen molar-refractivity contribution in [2.75, 3.05) is 31.8 Å². The van der Waals surface area contributed by atoms with Crippen LogP contribution in [0.2, 0.25) is 0 Å². The summed E-state index contributed by atoms with van der Waals surface area (Å²) in [4.78, 5) is 4.40. The molecular weight excluding hydrogens is 492 g/mol. The molecule has 0 aliphatic rings. The molecule has 1 atom stereocenters. The summed E-state index contributed by atoms with van der Waals surface area (Å²) in [5.41, 5.74) is 1.18. The van der Waals surface area contributed by atoms with Gasteiger partial charge in [-0.2, -0.15) is 0 Å². The van der Waals surface area contributed by atoms with Gasteiger partial charge in [0.05, 0.1) is 27.0 Å². The number of aromatic nitrogens is 5. The first-order valence-electron chi connectivity index (χ1n) is 10.6. The number of nitrogens with zero attached hydrogens (tertiary/aromatic N) is 5. The lowest BCUT2D eigenvalue weighted by Gasteiger charge is -2.18. The van der Waals surface area contributed by atoms with E-state index in [2.05, 4.69) is 25.1 Å². The zero-order chi connectivity index (χ0) is 25.9. The number of sulfonamides is 1. The predicted octanol–water partition coefficient (Wildman–Crippen LogP) is 2.13. The van der Waals surface area contributed by atoms with Crippen LogP contribution in [-0.2, 0) is 10.0 Å². The molecule has 3 heterocycles. The second kappa shape index (κ2) is 10.2. The average molecular weight is 517 g/mol. The Balaban J connectivity index is 1.82. The number of methoxy groups -OCH3 is 3. The Morgan fingerprint density at radius 2 is 1.75 bits per heavy atom. The van der Waals surface area contributed by atoms with E-state index >= 15 is 0 Å². The van der Waals surface area contributed by atoms with Crippen LogP contribution in [0, 0.1) is 6.92 Å². The van der Waals surface area contributed by atoms with Gasteiger partial charge in [0, 0.05) is 12.1 Å². The number of hydrogen-bond acceptors (Lipinski definition) is 11. The topological polar surface area (TPSA) is 164 Å². The quantitative estimate of drug-likeness (QED) is 0.317. The number of pyridine rings is 1. The fraction of sp³-hybridized carbons (Fsp3) is 0.273. The number of hydrogen-bond donors (Lipinski definition) is 2. The molecule has 0 bridgehead atoms. The Bertz CT molecular complexity index is 1450. The molecule has 36 heavy (non-hydrogen) atoms. The molecule has 3 aromatic heterocycles. The standard InChI is InChI=1S/C22H24N6O7S/c1-13-11-18(35-26-13)15(29)12-36(30,31)27-22-25-24-21(14-7-5-10-19(23-14)34-4)28(22)20-16(32-2)8-6-9-17(20)33-3/h5-11,15,29H,12H2,1-4H3,(H,25,27). The highest BCUT2D eigenvalue weighted by Gasteiger charge is 2.28. The molecule has 0 aliphatic carbocycles. The van der Waals surface area contributed by atoms with Crippen LogP contribution in [0.3, 0.4) is 0 Å². The second-order valence-electron chi connectivity index (χ2n) is 7.53. The van der Waals surface area contributed by atoms with Gasteiger partial charge < -0.3 is 23.8 Å². The first-order valence-corrected chi connectivity index (χ1v) is 12.2. The molecule has 14 heteroatoms. The Morgan fingerprint density at radius 1 is 1.06 bits per heavy atom. The predicted molar refractivity (Wildman–Crippen MR) is 128 cm³/mol. The number of rotatable bonds is 10. The molecule has 0 saturated heterocycles. The molecular formula is C22H24N6O7S. The number of ether oxygens (including phenoxy) is 3. The fourth-order valence-corrected chi connectivity index (χ4v) is 4.52. The molecule has 0 saturated carbocycles. The SMILES string of the molecule is COc1cccc(-c2nnc(NS(=O)(=O)CC(O)c3cc(C)no3)n2-c2c(OC)cccc2OC)n1. The number of benzene rings is 1. The lowest BCUT2D eigenvalue weighted by Crippen LogP contribution is -2.23. The van der Waals surface area contributed by atoms with E-state index in [9.17, 15) is 13.5 Å². The van der Waals surface area contributed by atoms with Crippen LogP contribution in [0.25, 0.3) is 17.2 Å². The lowest BCUT2D eigenvalue weighted by atomic mass is 10.2. The molecule has 2 N–H and O–H groups in total. The number of aliphatic hydroxyl groups is 1. The normalized spacial score (nSPS) is 12.2. The third-order valence-electron chi connectivity index (χ3n) is 5.05. The van der Waals surface area contributed by atoms with Crippen molar-refractivity contribution in [3.05, 3.63) is 53.9 Å². The van der Waals surface area contributed by atoms with Gasteiger partial charge in [-0.25, -0.2) is 13.4 Å². The van der Waals surface area contributed by atoms with Crippen molar-refractivity contribution in [1.82, 2.24) is 24.9 Å². The summed E-state index contributed by atoms with van der Waals surface area (Å²) in [5, 5.41) is 22.3. The first kappa shape index (κ1) is 24.9. The maximum absolute atomic E-state index is 13.0. The highest BCUT2D eigenvalue weighted by molar-refractivity contribution is 7.92. The molecule has 1 unspecified atom stereocenters. The molecule has 0 radical (unpaired) electrons. The molecule has 4 rings (SSSR count). The maximum atomic E-state index is 13.0. The van der Waals surface area contributed by atoms with Gasteiger partial charge in [-0.05, 0) is 25.1 Å². The van der Waals surface area contributed by atoms with Crippen LogP contribution in [0.1, 0.15) is 17.6 Å². The van der Waals surface area contributed by atoms with Gasteiger partial charge >= 0.3 is 0 Å². The zero-order valence-electron chi connectivity index (χ0n) is 19.9. The smallest absolute Gasteiger partial charge is 0.243 e. The van der Waals surface area contributed by atoms with Crippen LogP contribution in [-0.4, -0.2) is 65.5 Å². The van der Waals surface area contributed by atoms with Crippen LogP contribution in [0.4, 0.5) is 5.95 Å². The second-order valence-corrected chi connectivity index (χ2v) is 9.30. The summed E-state index contributed by atoms with van der Waals surface area (Å²) >= 11 is 0. The van der Waals surface area contributed by atoms with Crippen molar-refractivity contribution in [3.8, 4) is 34.6 Å². The molecule has 0 fully saturated rings. The van der Waals surface area contributed by atoms with E-state index in [1.807, 2.05) is 0 Å². The minimum absolute atomic E-state index is 0.0204. The Morgan fingerprint density at radius 3 is 2.36 bits per heavy atom. The summed E-state index contributed by atoms with van der Waals surface area (Å²) in [6.07, 6.45) is -1.46. The molecule has 1 aromatic carbocycles. The third kappa shape index (κ3) is 5.08. The van der Waals surface area contributed by atoms with Gasteiger partial charge in [0.2, 0.25) is 21.9 Å². The van der Waals surface area contributed by atoms with Crippen molar-refractivity contribution < 1.29 is 32.3 Å². The summed E-state index contributed by atoms with van der Waals surface area (Å²) in [6, 6.07) is 11.6. The summed E-state index contributed by atoms with van der Waals surface area (Å²) in [7, 11) is 0.239. The van der Waals surface area contributed by atoms with Gasteiger partial charge in [-0.3, -0.25) is 9.29 Å². The monoisotopic (exact) mass is 516 g/mol. The molecule has 0 amide bonds. The third-order valence-corrected chi connectivity index (χ3v) is 6.30. The van der Waals surface area contributed by atoms with Crippen LogP contribution in [0.5, 0.6) is 17.4 Å². The zero-order valence-corrected chi connectivity index (χ0v) is 20.7. The Kier molecular flexibility index (Phi) is 7.07. The minimum atomic E-state index is -4.16. The van der Waals surface area contributed by atoms with Gasteiger partial charge in [0.25, 0.3) is 0 Å². The van der Waals surface area contributed by atoms with Crippen molar-refractivity contribution in [1.29, 1.82) is 0 Å². The molecule has 4 aromatic rings. The van der Waals surface area contributed by atoms with Gasteiger partial charge in [-0.15, -0.1) is 10.2 Å². The average Bonchev–Trinajstić information content (AvgIpc) is 3.49. The van der Waals surface area contributed by atoms with Gasteiger partial charge in [0.15, 0.2) is 11.6 Å². The van der Waals surface area contributed by atoms with Crippen LogP contribution < -0.4 is 18.9 Å². The first-order chi connectivity index (χ1) is 17.3. The number of aliphatic hydroxyl groups excluding tert-OH is 1. The number of para-hydroxylation sites is 1. The van der Waals surface area contributed by atoms with Crippen molar-refractivity contribution in [2.24, 2.45) is 0 Å². The summed E-state index contributed by atoms with van der Waals surface area (Å²) < 4.78 is 51.1. The van der Waals surface area contributed by atoms with Gasteiger partial charge in [-0.1, -0.05) is 17.3 Å². The largest absolute Gasteiger partial charge is 0.494 e. The van der Waals surface area contributed by atoms with E-state index < -0.39 is 21.9 Å². The van der Waals surface area contributed by atoms with Crippen LogP contribution >= 0.6 is 0 Å². The highest BCUT2D eigenvalue weighted by atomic mass is 32.2.